The van der Waals surface area contributed by atoms with Crippen LogP contribution in [-0.4, -0.2) is 17.6 Å². The van der Waals surface area contributed by atoms with E-state index in [1.54, 1.807) is 18.3 Å². The number of rotatable bonds is 8. The summed E-state index contributed by atoms with van der Waals surface area (Å²) in [6, 6.07) is 7.19. The zero-order chi connectivity index (χ0) is 19.8. The summed E-state index contributed by atoms with van der Waals surface area (Å²) < 4.78 is 18.7. The number of carbonyl (C=O) groups is 1. The molecule has 2 rings (SSSR count). The average Bonchev–Trinajstić information content (AvgIpc) is 3.21. The zero-order valence-electron chi connectivity index (χ0n) is 15.2. The second-order valence-electron chi connectivity index (χ2n) is 5.50. The fraction of sp³-hybridized carbons (Fsp3) is 0.150. The van der Waals surface area contributed by atoms with Crippen molar-refractivity contribution in [1.29, 1.82) is 0 Å². The Morgan fingerprint density at radius 1 is 1.37 bits per heavy atom. The van der Waals surface area contributed by atoms with Crippen LogP contribution in [0.4, 0.5) is 10.1 Å². The van der Waals surface area contributed by atoms with Gasteiger partial charge in [-0.2, -0.15) is 0 Å². The van der Waals surface area contributed by atoms with Gasteiger partial charge in [0.2, 0.25) is 5.89 Å². The van der Waals surface area contributed by atoms with Crippen LogP contribution in [0, 0.1) is 0 Å². The first-order valence-electron chi connectivity index (χ1n) is 8.05. The Bertz CT molecular complexity index is 884. The van der Waals surface area contributed by atoms with E-state index >= 15 is 0 Å². The molecule has 0 saturated heterocycles. The maximum Gasteiger partial charge on any atom is 0.254 e. The van der Waals surface area contributed by atoms with Gasteiger partial charge >= 0.3 is 0 Å². The molecule has 0 aliphatic rings. The number of oxazole rings is 1. The van der Waals surface area contributed by atoms with E-state index in [2.05, 4.69) is 28.6 Å². The van der Waals surface area contributed by atoms with Gasteiger partial charge in [0, 0.05) is 16.2 Å². The third kappa shape index (κ3) is 5.52. The minimum Gasteiger partial charge on any atom is -0.448 e. The number of benzene rings is 1. The molecule has 0 aliphatic carbocycles. The molecule has 0 spiro atoms. The molecular formula is C20H20FN3O2S. The Hall–Kier alpha value is -2.93. The normalized spacial score (nSPS) is 12.7. The molecule has 2 aromatic rings. The standard InChI is InChI=1S/C20H20FN3O2S/c1-5-17(21)13(2)20(25)24-16-8-6-15(7-9-16)19(14(3)22-4)27-12-18-23-10-11-26-18/h5-11H,1,4,12H2,2-3H3,(H,24,25)/b17-13-,19-14-. The highest BCUT2D eigenvalue weighted by molar-refractivity contribution is 8.07. The second kappa shape index (κ2) is 9.68. The lowest BCUT2D eigenvalue weighted by atomic mass is 10.1. The van der Waals surface area contributed by atoms with Crippen LogP contribution in [0.25, 0.3) is 4.91 Å². The summed E-state index contributed by atoms with van der Waals surface area (Å²) in [6.07, 6.45) is 4.13. The number of hydrogen-bond acceptors (Lipinski definition) is 5. The molecule has 1 heterocycles. The number of amides is 1. The number of carbonyl (C=O) groups excluding carboxylic acids is 1. The first kappa shape index (κ1) is 20.4. The Kier molecular flexibility index (Phi) is 7.31. The van der Waals surface area contributed by atoms with Crippen LogP contribution in [0.5, 0.6) is 0 Å². The maximum absolute atomic E-state index is 13.4. The van der Waals surface area contributed by atoms with Gasteiger partial charge in [0.15, 0.2) is 0 Å². The first-order chi connectivity index (χ1) is 13.0. The van der Waals surface area contributed by atoms with Gasteiger partial charge in [-0.15, -0.1) is 11.8 Å². The molecule has 5 nitrogen and oxygen atoms in total. The smallest absolute Gasteiger partial charge is 0.254 e. The molecule has 0 unspecified atom stereocenters. The van der Waals surface area contributed by atoms with E-state index in [9.17, 15) is 9.18 Å². The largest absolute Gasteiger partial charge is 0.448 e. The van der Waals surface area contributed by atoms with Crippen LogP contribution in [0.2, 0.25) is 0 Å². The summed E-state index contributed by atoms with van der Waals surface area (Å²) in [5.41, 5.74) is 2.22. The molecule has 0 radical (unpaired) electrons. The van der Waals surface area contributed by atoms with Crippen molar-refractivity contribution in [1.82, 2.24) is 4.98 Å². The van der Waals surface area contributed by atoms with E-state index in [0.717, 1.165) is 22.2 Å². The number of hydrogen-bond donors (Lipinski definition) is 1. The highest BCUT2D eigenvalue weighted by Gasteiger charge is 2.11. The summed E-state index contributed by atoms with van der Waals surface area (Å²) >= 11 is 1.53. The lowest BCUT2D eigenvalue weighted by Gasteiger charge is -2.11. The van der Waals surface area contributed by atoms with Gasteiger partial charge in [-0.25, -0.2) is 9.37 Å². The molecule has 7 heteroatoms. The van der Waals surface area contributed by atoms with Crippen LogP contribution in [-0.2, 0) is 10.5 Å². The highest BCUT2D eigenvalue weighted by Crippen LogP contribution is 2.34. The maximum atomic E-state index is 13.4. The lowest BCUT2D eigenvalue weighted by molar-refractivity contribution is -0.112. The van der Waals surface area contributed by atoms with Gasteiger partial charge in [-0.1, -0.05) is 18.7 Å². The van der Waals surface area contributed by atoms with Crippen molar-refractivity contribution >= 4 is 35.0 Å². The number of allylic oxidation sites excluding steroid dienone is 3. The molecule has 0 atom stereocenters. The Balaban J connectivity index is 2.16. The second-order valence-corrected chi connectivity index (χ2v) is 6.48. The molecular weight excluding hydrogens is 365 g/mol. The number of nitrogens with zero attached hydrogens (tertiary/aromatic N) is 2. The van der Waals surface area contributed by atoms with Gasteiger partial charge in [0.05, 0.1) is 17.6 Å². The van der Waals surface area contributed by atoms with Crippen molar-refractivity contribution in [2.24, 2.45) is 4.99 Å². The Labute approximate surface area is 161 Å². The van der Waals surface area contributed by atoms with Gasteiger partial charge in [-0.05, 0) is 44.3 Å². The molecule has 0 aliphatic heterocycles. The van der Waals surface area contributed by atoms with Crippen molar-refractivity contribution < 1.29 is 13.6 Å². The van der Waals surface area contributed by atoms with Crippen LogP contribution in [0.1, 0.15) is 25.3 Å². The predicted octanol–water partition coefficient (Wildman–Crippen LogP) is 5.37. The molecule has 1 aromatic carbocycles. The van der Waals surface area contributed by atoms with Crippen molar-refractivity contribution in [2.75, 3.05) is 5.32 Å². The van der Waals surface area contributed by atoms with Crippen LogP contribution < -0.4 is 5.32 Å². The van der Waals surface area contributed by atoms with E-state index in [4.69, 9.17) is 4.42 Å². The van der Waals surface area contributed by atoms with E-state index in [1.165, 1.54) is 24.9 Å². The third-order valence-electron chi connectivity index (χ3n) is 3.67. The topological polar surface area (TPSA) is 67.5 Å². The summed E-state index contributed by atoms with van der Waals surface area (Å²) in [6.45, 7) is 10.2. The quantitative estimate of drug-likeness (QED) is 0.377. The van der Waals surface area contributed by atoms with Gasteiger partial charge in [0.25, 0.3) is 5.91 Å². The number of thioether (sulfide) groups is 1. The summed E-state index contributed by atoms with van der Waals surface area (Å²) in [4.78, 5) is 21.1. The van der Waals surface area contributed by atoms with E-state index in [1.807, 2.05) is 19.1 Å². The Morgan fingerprint density at radius 3 is 2.63 bits per heavy atom. The van der Waals surface area contributed by atoms with E-state index in [0.29, 0.717) is 17.3 Å². The van der Waals surface area contributed by atoms with E-state index < -0.39 is 11.7 Å². The number of nitrogens with one attached hydrogen (secondary N) is 1. The van der Waals surface area contributed by atoms with Crippen molar-refractivity contribution in [3.8, 4) is 0 Å². The molecule has 0 bridgehead atoms. The highest BCUT2D eigenvalue weighted by atomic mass is 32.2. The fourth-order valence-electron chi connectivity index (χ4n) is 2.12. The number of aliphatic imine (C=N–C) groups is 1. The van der Waals surface area contributed by atoms with Gasteiger partial charge in [-0.3, -0.25) is 9.79 Å². The summed E-state index contributed by atoms with van der Waals surface area (Å²) in [5, 5.41) is 2.65. The van der Waals surface area contributed by atoms with E-state index in [-0.39, 0.29) is 5.57 Å². The van der Waals surface area contributed by atoms with Crippen molar-refractivity contribution in [3.05, 3.63) is 77.9 Å². The molecule has 1 aromatic heterocycles. The number of aromatic nitrogens is 1. The Morgan fingerprint density at radius 2 is 2.07 bits per heavy atom. The minimum absolute atomic E-state index is 0.0251. The third-order valence-corrected chi connectivity index (χ3v) is 4.88. The number of anilines is 1. The summed E-state index contributed by atoms with van der Waals surface area (Å²) in [7, 11) is 0. The molecule has 140 valence electrons. The van der Waals surface area contributed by atoms with Crippen molar-refractivity contribution in [3.63, 3.8) is 0 Å². The van der Waals surface area contributed by atoms with Crippen molar-refractivity contribution in [2.45, 2.75) is 19.6 Å². The molecule has 27 heavy (non-hydrogen) atoms. The van der Waals surface area contributed by atoms with Gasteiger partial charge in [0.1, 0.15) is 12.1 Å². The van der Waals surface area contributed by atoms with Crippen LogP contribution in [0.15, 0.2) is 75.9 Å². The molecule has 0 fully saturated rings. The summed E-state index contributed by atoms with van der Waals surface area (Å²) in [5.74, 6) is 0.00577. The fourth-order valence-corrected chi connectivity index (χ4v) is 3.10. The van der Waals surface area contributed by atoms with Crippen LogP contribution in [0.3, 0.4) is 0 Å². The monoisotopic (exact) mass is 385 g/mol. The molecule has 1 amide bonds. The SMILES string of the molecule is C=C/C(F)=C(\C)C(=O)Nc1ccc(/C(SCc2ncco2)=C(\C)N=C)cc1. The average molecular weight is 385 g/mol. The number of halogens is 1. The molecule has 0 saturated carbocycles. The first-order valence-corrected chi connectivity index (χ1v) is 9.04. The zero-order valence-corrected chi connectivity index (χ0v) is 16.0. The van der Waals surface area contributed by atoms with Crippen LogP contribution >= 0.6 is 11.8 Å². The molecule has 1 N–H and O–H groups in total. The minimum atomic E-state index is -0.648. The van der Waals surface area contributed by atoms with Gasteiger partial charge < -0.3 is 9.73 Å². The lowest BCUT2D eigenvalue weighted by Crippen LogP contribution is -2.13. The predicted molar refractivity (Wildman–Crippen MR) is 109 cm³/mol.